The second-order valence-electron chi connectivity index (χ2n) is 3.88. The fourth-order valence-electron chi connectivity index (χ4n) is 1.33. The summed E-state index contributed by atoms with van der Waals surface area (Å²) in [6.45, 7) is 4.47. The molecule has 1 aromatic rings. The van der Waals surface area contributed by atoms with Crippen molar-refractivity contribution in [1.29, 1.82) is 0 Å². The van der Waals surface area contributed by atoms with Crippen LogP contribution in [-0.4, -0.2) is 0 Å². The molecule has 0 unspecified atom stereocenters. The SMILES string of the molecule is CC1CCC1.CCc1ccccc1. The van der Waals surface area contributed by atoms with E-state index in [0.717, 1.165) is 12.3 Å². The van der Waals surface area contributed by atoms with Gasteiger partial charge in [0.15, 0.2) is 0 Å². The maximum atomic E-state index is 2.31. The van der Waals surface area contributed by atoms with Gasteiger partial charge in [-0.1, -0.05) is 63.4 Å². The molecule has 1 aromatic carbocycles. The fraction of sp³-hybridized carbons (Fsp3) is 0.538. The van der Waals surface area contributed by atoms with E-state index in [1.54, 1.807) is 0 Å². The highest BCUT2D eigenvalue weighted by Gasteiger charge is 2.09. The van der Waals surface area contributed by atoms with Gasteiger partial charge in [0.1, 0.15) is 0 Å². The number of rotatable bonds is 1. The van der Waals surface area contributed by atoms with Crippen LogP contribution in [-0.2, 0) is 6.42 Å². The van der Waals surface area contributed by atoms with Gasteiger partial charge in [0, 0.05) is 0 Å². The summed E-state index contributed by atoms with van der Waals surface area (Å²) in [5, 5.41) is 0. The van der Waals surface area contributed by atoms with Crippen molar-refractivity contribution in [1.82, 2.24) is 0 Å². The van der Waals surface area contributed by atoms with Gasteiger partial charge in [-0.2, -0.15) is 0 Å². The van der Waals surface area contributed by atoms with Gasteiger partial charge in [0.05, 0.1) is 0 Å². The Morgan fingerprint density at radius 2 is 1.69 bits per heavy atom. The molecule has 0 heteroatoms. The van der Waals surface area contributed by atoms with Crippen molar-refractivity contribution in [2.45, 2.75) is 39.5 Å². The lowest BCUT2D eigenvalue weighted by Crippen LogP contribution is -2.04. The van der Waals surface area contributed by atoms with Crippen LogP contribution in [0.4, 0.5) is 0 Å². The number of hydrogen-bond acceptors (Lipinski definition) is 0. The molecular formula is C13H20. The lowest BCUT2D eigenvalue weighted by molar-refractivity contribution is 0.346. The summed E-state index contributed by atoms with van der Waals surface area (Å²) in [4.78, 5) is 0. The van der Waals surface area contributed by atoms with Crippen LogP contribution >= 0.6 is 0 Å². The molecule has 0 nitrogen and oxygen atoms in total. The monoisotopic (exact) mass is 176 g/mol. The summed E-state index contributed by atoms with van der Waals surface area (Å²) in [5.41, 5.74) is 1.41. The van der Waals surface area contributed by atoms with E-state index in [4.69, 9.17) is 0 Å². The van der Waals surface area contributed by atoms with Crippen LogP contribution in [0, 0.1) is 5.92 Å². The summed E-state index contributed by atoms with van der Waals surface area (Å²) >= 11 is 0. The van der Waals surface area contributed by atoms with Crippen LogP contribution in [0.15, 0.2) is 30.3 Å². The Bertz CT molecular complexity index is 209. The topological polar surface area (TPSA) is 0 Å². The molecule has 0 spiro atoms. The third-order valence-electron chi connectivity index (χ3n) is 2.64. The third kappa shape index (κ3) is 4.12. The van der Waals surface area contributed by atoms with E-state index in [1.807, 2.05) is 6.07 Å². The highest BCUT2D eigenvalue weighted by molar-refractivity contribution is 5.13. The van der Waals surface area contributed by atoms with Crippen molar-refractivity contribution in [3.05, 3.63) is 35.9 Å². The number of hydrogen-bond donors (Lipinski definition) is 0. The minimum absolute atomic E-state index is 1.06. The average molecular weight is 176 g/mol. The van der Waals surface area contributed by atoms with Crippen molar-refractivity contribution in [3.63, 3.8) is 0 Å². The lowest BCUT2D eigenvalue weighted by atomic mass is 9.88. The average Bonchev–Trinajstić information content (AvgIpc) is 2.17. The van der Waals surface area contributed by atoms with Gasteiger partial charge in [-0.15, -0.1) is 0 Å². The molecule has 0 amide bonds. The van der Waals surface area contributed by atoms with Gasteiger partial charge >= 0.3 is 0 Å². The van der Waals surface area contributed by atoms with Crippen molar-refractivity contribution in [2.75, 3.05) is 0 Å². The first-order valence-electron chi connectivity index (χ1n) is 5.37. The van der Waals surface area contributed by atoms with E-state index in [0.29, 0.717) is 0 Å². The smallest absolute Gasteiger partial charge is 0.0307 e. The first-order valence-corrected chi connectivity index (χ1v) is 5.37. The minimum atomic E-state index is 1.06. The van der Waals surface area contributed by atoms with Crippen molar-refractivity contribution in [3.8, 4) is 0 Å². The van der Waals surface area contributed by atoms with Crippen LogP contribution in [0.2, 0.25) is 0 Å². The molecule has 0 radical (unpaired) electrons. The van der Waals surface area contributed by atoms with Gasteiger partial charge in [0.25, 0.3) is 0 Å². The minimum Gasteiger partial charge on any atom is -0.0625 e. The van der Waals surface area contributed by atoms with Gasteiger partial charge in [0.2, 0.25) is 0 Å². The van der Waals surface area contributed by atoms with Crippen molar-refractivity contribution in [2.24, 2.45) is 5.92 Å². The van der Waals surface area contributed by atoms with E-state index < -0.39 is 0 Å². The zero-order chi connectivity index (χ0) is 9.52. The molecule has 0 bridgehead atoms. The van der Waals surface area contributed by atoms with Crippen LogP contribution in [0.1, 0.15) is 38.7 Å². The predicted molar refractivity (Wildman–Crippen MR) is 58.8 cm³/mol. The Morgan fingerprint density at radius 1 is 1.15 bits per heavy atom. The van der Waals surface area contributed by atoms with Crippen LogP contribution in [0.3, 0.4) is 0 Å². The Kier molecular flexibility index (Phi) is 4.59. The molecule has 1 aliphatic rings. The summed E-state index contributed by atoms with van der Waals surface area (Å²) < 4.78 is 0. The van der Waals surface area contributed by atoms with Gasteiger partial charge < -0.3 is 0 Å². The maximum Gasteiger partial charge on any atom is -0.0307 e. The van der Waals surface area contributed by atoms with Gasteiger partial charge in [-0.05, 0) is 17.9 Å². The normalized spacial score (nSPS) is 15.5. The van der Waals surface area contributed by atoms with E-state index in [-0.39, 0.29) is 0 Å². The van der Waals surface area contributed by atoms with Crippen molar-refractivity contribution >= 4 is 0 Å². The zero-order valence-corrected chi connectivity index (χ0v) is 8.79. The molecule has 1 saturated carbocycles. The largest absolute Gasteiger partial charge is 0.0625 e. The molecule has 1 aliphatic carbocycles. The van der Waals surface area contributed by atoms with E-state index in [1.165, 1.54) is 24.8 Å². The Hall–Kier alpha value is -0.780. The Labute approximate surface area is 82.0 Å². The van der Waals surface area contributed by atoms with Crippen LogP contribution < -0.4 is 0 Å². The molecule has 0 saturated heterocycles. The maximum absolute atomic E-state index is 2.31. The molecule has 72 valence electrons. The first kappa shape index (κ1) is 10.3. The summed E-state index contributed by atoms with van der Waals surface area (Å²) in [6, 6.07) is 10.5. The summed E-state index contributed by atoms with van der Waals surface area (Å²) in [6.07, 6.45) is 5.60. The van der Waals surface area contributed by atoms with E-state index in [9.17, 15) is 0 Å². The molecule has 0 heterocycles. The highest BCUT2D eigenvalue weighted by atomic mass is 14.1. The second kappa shape index (κ2) is 5.80. The van der Waals surface area contributed by atoms with Crippen LogP contribution in [0.5, 0.6) is 0 Å². The highest BCUT2D eigenvalue weighted by Crippen LogP contribution is 2.24. The summed E-state index contributed by atoms with van der Waals surface area (Å²) in [5.74, 6) is 1.06. The second-order valence-corrected chi connectivity index (χ2v) is 3.88. The molecule has 13 heavy (non-hydrogen) atoms. The quantitative estimate of drug-likeness (QED) is 0.605. The third-order valence-corrected chi connectivity index (χ3v) is 2.64. The molecular weight excluding hydrogens is 156 g/mol. The summed E-state index contributed by atoms with van der Waals surface area (Å²) in [7, 11) is 0. The molecule has 0 N–H and O–H groups in total. The Balaban J connectivity index is 0.000000145. The zero-order valence-electron chi connectivity index (χ0n) is 8.79. The van der Waals surface area contributed by atoms with Gasteiger partial charge in [-0.3, -0.25) is 0 Å². The van der Waals surface area contributed by atoms with E-state index in [2.05, 4.69) is 38.1 Å². The Morgan fingerprint density at radius 3 is 1.92 bits per heavy atom. The van der Waals surface area contributed by atoms with E-state index >= 15 is 0 Å². The molecule has 2 rings (SSSR count). The predicted octanol–water partition coefficient (Wildman–Crippen LogP) is 4.06. The lowest BCUT2D eigenvalue weighted by Gasteiger charge is -2.18. The number of benzene rings is 1. The van der Waals surface area contributed by atoms with Crippen molar-refractivity contribution < 1.29 is 0 Å². The van der Waals surface area contributed by atoms with Crippen LogP contribution in [0.25, 0.3) is 0 Å². The standard InChI is InChI=1S/C8H10.C5H10/c1-2-8-6-4-3-5-7-8;1-5-3-2-4-5/h3-7H,2H2,1H3;5H,2-4H2,1H3. The first-order chi connectivity index (χ1) is 6.33. The molecule has 0 atom stereocenters. The molecule has 0 aromatic heterocycles. The fourth-order valence-corrected chi connectivity index (χ4v) is 1.33. The molecule has 1 fully saturated rings. The number of aryl methyl sites for hydroxylation is 1. The van der Waals surface area contributed by atoms with Gasteiger partial charge in [-0.25, -0.2) is 0 Å². The molecule has 0 aliphatic heterocycles.